The number of nitrogens with one attached hydrogen (secondary N) is 1. The van der Waals surface area contributed by atoms with Crippen LogP contribution in [-0.4, -0.2) is 18.2 Å². The summed E-state index contributed by atoms with van der Waals surface area (Å²) < 4.78 is 4.86. The zero-order chi connectivity index (χ0) is 10.6. The lowest BCUT2D eigenvalue weighted by Gasteiger charge is -2.05. The fraction of sp³-hybridized carbons (Fsp3) is 0.111. The molecule has 1 aromatic rings. The van der Waals surface area contributed by atoms with E-state index < -0.39 is 5.97 Å². The summed E-state index contributed by atoms with van der Waals surface area (Å²) in [4.78, 5) is 10.8. The van der Waals surface area contributed by atoms with Crippen LogP contribution in [0.1, 0.15) is 10.4 Å². The minimum atomic E-state index is -1.11. The first kappa shape index (κ1) is 9.86. The Balaban J connectivity index is 3.18. The number of carbonyl (C=O) groups is 1. The van der Waals surface area contributed by atoms with Crippen LogP contribution in [0.15, 0.2) is 18.2 Å². The standard InChI is InChI=1S/C9H8N2O3/c1-14-6-2-3-8(11-5-10)7(4-6)9(12)13/h2-4,11H,1H3,(H,12,13). The fourth-order valence-corrected chi connectivity index (χ4v) is 0.997. The van der Waals surface area contributed by atoms with Crippen molar-refractivity contribution in [2.45, 2.75) is 0 Å². The van der Waals surface area contributed by atoms with Crippen LogP contribution in [0.25, 0.3) is 0 Å². The maximum absolute atomic E-state index is 10.8. The highest BCUT2D eigenvalue weighted by Gasteiger charge is 2.10. The van der Waals surface area contributed by atoms with Crippen molar-refractivity contribution in [3.8, 4) is 11.9 Å². The van der Waals surface area contributed by atoms with Gasteiger partial charge in [0.2, 0.25) is 0 Å². The molecule has 72 valence electrons. The fourth-order valence-electron chi connectivity index (χ4n) is 0.997. The van der Waals surface area contributed by atoms with E-state index in [4.69, 9.17) is 15.1 Å². The molecule has 0 aliphatic rings. The molecular formula is C9H8N2O3. The van der Waals surface area contributed by atoms with Crippen LogP contribution >= 0.6 is 0 Å². The van der Waals surface area contributed by atoms with E-state index in [1.165, 1.54) is 19.2 Å². The Morgan fingerprint density at radius 2 is 2.36 bits per heavy atom. The molecule has 0 aromatic heterocycles. The van der Waals surface area contributed by atoms with Crippen molar-refractivity contribution in [2.75, 3.05) is 12.4 Å². The SMILES string of the molecule is COc1ccc(NC#N)c(C(=O)O)c1. The van der Waals surface area contributed by atoms with Crippen LogP contribution in [-0.2, 0) is 0 Å². The number of nitriles is 1. The molecular weight excluding hydrogens is 184 g/mol. The Morgan fingerprint density at radius 3 is 2.86 bits per heavy atom. The predicted molar refractivity (Wildman–Crippen MR) is 49.2 cm³/mol. The largest absolute Gasteiger partial charge is 0.497 e. The number of hydrogen-bond donors (Lipinski definition) is 2. The van der Waals surface area contributed by atoms with E-state index >= 15 is 0 Å². The normalized spacial score (nSPS) is 8.86. The van der Waals surface area contributed by atoms with E-state index in [1.807, 2.05) is 0 Å². The van der Waals surface area contributed by atoms with E-state index in [2.05, 4.69) is 5.32 Å². The monoisotopic (exact) mass is 192 g/mol. The van der Waals surface area contributed by atoms with E-state index in [1.54, 1.807) is 12.3 Å². The van der Waals surface area contributed by atoms with E-state index in [9.17, 15) is 4.79 Å². The van der Waals surface area contributed by atoms with Gasteiger partial charge >= 0.3 is 5.97 Å². The van der Waals surface area contributed by atoms with E-state index in [0.717, 1.165) is 0 Å². The summed E-state index contributed by atoms with van der Waals surface area (Å²) in [7, 11) is 1.44. The second-order valence-corrected chi connectivity index (χ2v) is 2.45. The molecule has 1 aromatic carbocycles. The zero-order valence-electron chi connectivity index (χ0n) is 7.44. The smallest absolute Gasteiger partial charge is 0.337 e. The van der Waals surface area contributed by atoms with Crippen molar-refractivity contribution in [1.29, 1.82) is 5.26 Å². The van der Waals surface area contributed by atoms with Gasteiger partial charge in [0.1, 0.15) is 5.75 Å². The Bertz CT molecular complexity index is 396. The lowest BCUT2D eigenvalue weighted by atomic mass is 10.1. The average Bonchev–Trinajstić information content (AvgIpc) is 2.18. The molecule has 0 saturated carbocycles. The molecule has 5 nitrogen and oxygen atoms in total. The first-order valence-electron chi connectivity index (χ1n) is 3.75. The van der Waals surface area contributed by atoms with Crippen molar-refractivity contribution < 1.29 is 14.6 Å². The van der Waals surface area contributed by atoms with Crippen molar-refractivity contribution in [3.05, 3.63) is 23.8 Å². The molecule has 0 spiro atoms. The Hall–Kier alpha value is -2.22. The molecule has 5 heteroatoms. The molecule has 1 rings (SSSR count). The molecule has 0 amide bonds. The highest BCUT2D eigenvalue weighted by Crippen LogP contribution is 2.21. The number of rotatable bonds is 3. The summed E-state index contributed by atoms with van der Waals surface area (Å²) in [5, 5.41) is 19.5. The first-order valence-corrected chi connectivity index (χ1v) is 3.75. The van der Waals surface area contributed by atoms with Crippen LogP contribution in [0, 0.1) is 11.5 Å². The van der Waals surface area contributed by atoms with Crippen LogP contribution in [0.3, 0.4) is 0 Å². The number of nitrogens with zero attached hydrogens (tertiary/aromatic N) is 1. The number of aromatic carboxylic acids is 1. The zero-order valence-corrected chi connectivity index (χ0v) is 7.44. The number of hydrogen-bond acceptors (Lipinski definition) is 4. The van der Waals surface area contributed by atoms with Gasteiger partial charge in [-0.15, -0.1) is 0 Å². The summed E-state index contributed by atoms with van der Waals surface area (Å²) in [6.07, 6.45) is 1.66. The van der Waals surface area contributed by atoms with E-state index in [0.29, 0.717) is 5.75 Å². The number of benzene rings is 1. The van der Waals surface area contributed by atoms with Gasteiger partial charge < -0.3 is 9.84 Å². The van der Waals surface area contributed by atoms with Gasteiger partial charge in [0.15, 0.2) is 6.19 Å². The predicted octanol–water partition coefficient (Wildman–Crippen LogP) is 1.29. The maximum atomic E-state index is 10.8. The van der Waals surface area contributed by atoms with Crippen molar-refractivity contribution >= 4 is 11.7 Å². The Morgan fingerprint density at radius 1 is 1.64 bits per heavy atom. The average molecular weight is 192 g/mol. The van der Waals surface area contributed by atoms with Crippen LogP contribution in [0.5, 0.6) is 5.75 Å². The summed E-state index contributed by atoms with van der Waals surface area (Å²) in [5.74, 6) is -0.674. The third-order valence-corrected chi connectivity index (χ3v) is 1.65. The summed E-state index contributed by atoms with van der Waals surface area (Å²) in [6.45, 7) is 0. The maximum Gasteiger partial charge on any atom is 0.337 e. The Labute approximate surface area is 80.5 Å². The molecule has 0 saturated heterocycles. The first-order chi connectivity index (χ1) is 6.69. The number of methoxy groups -OCH3 is 1. The number of anilines is 1. The van der Waals surface area contributed by atoms with Gasteiger partial charge in [-0.1, -0.05) is 0 Å². The van der Waals surface area contributed by atoms with Crippen molar-refractivity contribution in [1.82, 2.24) is 0 Å². The van der Waals surface area contributed by atoms with Gasteiger partial charge in [0.25, 0.3) is 0 Å². The van der Waals surface area contributed by atoms with Gasteiger partial charge in [-0.3, -0.25) is 5.32 Å². The molecule has 14 heavy (non-hydrogen) atoms. The molecule has 0 aliphatic heterocycles. The quantitative estimate of drug-likeness (QED) is 0.557. The third-order valence-electron chi connectivity index (χ3n) is 1.65. The molecule has 0 aliphatic carbocycles. The molecule has 2 N–H and O–H groups in total. The number of carboxylic acid groups (broad SMARTS) is 1. The van der Waals surface area contributed by atoms with Crippen molar-refractivity contribution in [3.63, 3.8) is 0 Å². The lowest BCUT2D eigenvalue weighted by molar-refractivity contribution is 0.0697. The highest BCUT2D eigenvalue weighted by atomic mass is 16.5. The second-order valence-electron chi connectivity index (χ2n) is 2.45. The molecule has 0 bridgehead atoms. The summed E-state index contributed by atoms with van der Waals surface area (Å²) >= 11 is 0. The molecule has 0 unspecified atom stereocenters. The minimum absolute atomic E-state index is 0.00546. The van der Waals surface area contributed by atoms with Gasteiger partial charge in [-0.2, -0.15) is 5.26 Å². The second kappa shape index (κ2) is 4.14. The van der Waals surface area contributed by atoms with Crippen LogP contribution in [0.4, 0.5) is 5.69 Å². The lowest BCUT2D eigenvalue weighted by Crippen LogP contribution is -2.02. The number of ether oxygens (including phenoxy) is 1. The molecule has 0 radical (unpaired) electrons. The van der Waals surface area contributed by atoms with E-state index in [-0.39, 0.29) is 11.3 Å². The van der Waals surface area contributed by atoms with Crippen LogP contribution < -0.4 is 10.1 Å². The summed E-state index contributed by atoms with van der Waals surface area (Å²) in [5.41, 5.74) is 0.256. The van der Waals surface area contributed by atoms with Crippen LogP contribution in [0.2, 0.25) is 0 Å². The minimum Gasteiger partial charge on any atom is -0.497 e. The van der Waals surface area contributed by atoms with Gasteiger partial charge in [-0.05, 0) is 18.2 Å². The Kier molecular flexibility index (Phi) is 2.92. The summed E-state index contributed by atoms with van der Waals surface area (Å²) in [6, 6.07) is 4.40. The number of carboxylic acids is 1. The van der Waals surface area contributed by atoms with Gasteiger partial charge in [0.05, 0.1) is 18.4 Å². The van der Waals surface area contributed by atoms with Crippen molar-refractivity contribution in [2.24, 2.45) is 0 Å². The van der Waals surface area contributed by atoms with Gasteiger partial charge in [0, 0.05) is 0 Å². The van der Waals surface area contributed by atoms with Gasteiger partial charge in [-0.25, -0.2) is 4.79 Å². The topological polar surface area (TPSA) is 82.3 Å². The molecule has 0 heterocycles. The molecule has 0 atom stereocenters. The molecule has 0 fully saturated rings. The third kappa shape index (κ3) is 1.93. The highest BCUT2D eigenvalue weighted by molar-refractivity contribution is 5.95.